The normalized spacial score (nSPS) is 12.9. The van der Waals surface area contributed by atoms with Gasteiger partial charge in [0.1, 0.15) is 0 Å². The Hall–Kier alpha value is -8.65. The molecule has 0 fully saturated rings. The molecule has 0 unspecified atom stereocenters. The molecule has 4 aliphatic rings. The van der Waals surface area contributed by atoms with Gasteiger partial charge in [-0.1, -0.05) is 145 Å². The van der Waals surface area contributed by atoms with Crippen molar-refractivity contribution in [1.29, 1.82) is 0 Å². The Balaban J connectivity index is 0.000000134. The standard InChI is InChI=1S/C30H19BN2O.C30H21ClN2O/c1-2-10-20(11-3-1)32-23-14-5-4-12-21(23)31-22-13-8-19-28-30(22)33(24-15-6-7-18-27(24)34-28)26-17-9-16-25(32)29(26)31;31-30-26(32(22-12-3-1-4-13-22)23-14-5-2-6-15-23)18-11-19-27(30)33-24-16-7-9-20-28(24)34-29-21-10-8-17-25(29)33/h1-19H;1-21H. The summed E-state index contributed by atoms with van der Waals surface area (Å²) in [5.41, 5.74) is 16.8. The third kappa shape index (κ3) is 6.35. The zero-order chi connectivity index (χ0) is 45.1. The summed E-state index contributed by atoms with van der Waals surface area (Å²) >= 11 is 7.25. The van der Waals surface area contributed by atoms with Crippen LogP contribution in [0.2, 0.25) is 5.02 Å². The van der Waals surface area contributed by atoms with Crippen LogP contribution < -0.4 is 45.5 Å². The van der Waals surface area contributed by atoms with Gasteiger partial charge >= 0.3 is 0 Å². The average Bonchev–Trinajstić information content (AvgIpc) is 3.40. The van der Waals surface area contributed by atoms with E-state index in [9.17, 15) is 0 Å². The summed E-state index contributed by atoms with van der Waals surface area (Å²) in [5, 5.41) is 0.654. The molecule has 0 saturated carbocycles. The van der Waals surface area contributed by atoms with Crippen molar-refractivity contribution in [3.8, 4) is 23.0 Å². The Morgan fingerprint density at radius 1 is 0.338 bits per heavy atom. The quantitative estimate of drug-likeness (QED) is 0.160. The van der Waals surface area contributed by atoms with E-state index in [2.05, 4.69) is 183 Å². The minimum Gasteiger partial charge on any atom is -0.453 e. The number of rotatable bonds is 5. The van der Waals surface area contributed by atoms with Crippen molar-refractivity contribution >= 4 is 103 Å². The molecule has 14 rings (SSSR count). The first-order valence-electron chi connectivity index (χ1n) is 22.8. The van der Waals surface area contributed by atoms with Crippen LogP contribution in [0.25, 0.3) is 0 Å². The van der Waals surface area contributed by atoms with Crippen molar-refractivity contribution in [3.63, 3.8) is 0 Å². The Labute approximate surface area is 400 Å². The number of hydrogen-bond donors (Lipinski definition) is 0. The van der Waals surface area contributed by atoms with Crippen LogP contribution in [0, 0.1) is 0 Å². The molecule has 68 heavy (non-hydrogen) atoms. The molecule has 0 spiro atoms. The van der Waals surface area contributed by atoms with E-state index in [1.165, 1.54) is 39.1 Å². The minimum atomic E-state index is 0.141. The summed E-state index contributed by atoms with van der Waals surface area (Å²) in [5.74, 6) is 3.39. The van der Waals surface area contributed by atoms with Crippen LogP contribution in [0.1, 0.15) is 0 Å². The van der Waals surface area contributed by atoms with Gasteiger partial charge in [-0.05, 0) is 126 Å². The predicted octanol–water partition coefficient (Wildman–Crippen LogP) is 15.3. The Morgan fingerprint density at radius 2 is 0.765 bits per heavy atom. The summed E-state index contributed by atoms with van der Waals surface area (Å²) in [6, 6.07) is 83.8. The van der Waals surface area contributed by atoms with E-state index in [0.29, 0.717) is 5.02 Å². The van der Waals surface area contributed by atoms with E-state index in [-0.39, 0.29) is 6.71 Å². The smallest absolute Gasteiger partial charge is 0.252 e. The van der Waals surface area contributed by atoms with Crippen molar-refractivity contribution in [1.82, 2.24) is 0 Å². The highest BCUT2D eigenvalue weighted by molar-refractivity contribution is 7.00. The third-order valence-electron chi connectivity index (χ3n) is 13.1. The number of benzene rings is 10. The van der Waals surface area contributed by atoms with Crippen molar-refractivity contribution in [2.45, 2.75) is 0 Å². The number of ether oxygens (including phenoxy) is 2. The molecule has 0 saturated heterocycles. The Kier molecular flexibility index (Phi) is 9.55. The van der Waals surface area contributed by atoms with Crippen LogP contribution in [0.4, 0.5) is 68.2 Å². The second-order valence-corrected chi connectivity index (χ2v) is 17.3. The first-order chi connectivity index (χ1) is 33.7. The maximum absolute atomic E-state index is 7.25. The number of anilines is 12. The van der Waals surface area contributed by atoms with E-state index < -0.39 is 0 Å². The van der Waals surface area contributed by atoms with E-state index in [1.807, 2.05) is 78.9 Å². The molecular formula is C60H40BClN4O2. The molecule has 0 radical (unpaired) electrons. The van der Waals surface area contributed by atoms with Gasteiger partial charge in [0.05, 0.1) is 39.1 Å². The second-order valence-electron chi connectivity index (χ2n) is 17.0. The number of hydrogen-bond acceptors (Lipinski definition) is 6. The number of fused-ring (bicyclic) bond motifs is 8. The lowest BCUT2D eigenvalue weighted by atomic mass is 9.33. The highest BCUT2D eigenvalue weighted by Crippen LogP contribution is 2.55. The molecule has 4 heterocycles. The minimum absolute atomic E-state index is 0.141. The van der Waals surface area contributed by atoms with Crippen LogP contribution in [0.15, 0.2) is 243 Å². The largest absolute Gasteiger partial charge is 0.453 e. The molecule has 8 heteroatoms. The fraction of sp³-hybridized carbons (Fsp3) is 0. The van der Waals surface area contributed by atoms with Gasteiger partial charge in [0.25, 0.3) is 6.71 Å². The molecule has 0 atom stereocenters. The lowest BCUT2D eigenvalue weighted by Crippen LogP contribution is -2.61. The first kappa shape index (κ1) is 39.7. The second kappa shape index (κ2) is 16.4. The Bertz CT molecular complexity index is 3450. The fourth-order valence-electron chi connectivity index (χ4n) is 10.3. The van der Waals surface area contributed by atoms with Gasteiger partial charge in [0.15, 0.2) is 23.0 Å². The number of nitrogens with zero attached hydrogens (tertiary/aromatic N) is 4. The molecule has 0 aliphatic carbocycles. The third-order valence-corrected chi connectivity index (χ3v) is 13.5. The van der Waals surface area contributed by atoms with E-state index >= 15 is 0 Å². The van der Waals surface area contributed by atoms with E-state index in [0.717, 1.165) is 68.5 Å². The maximum atomic E-state index is 7.25. The number of para-hydroxylation sites is 11. The van der Waals surface area contributed by atoms with Crippen LogP contribution in [-0.2, 0) is 0 Å². The van der Waals surface area contributed by atoms with Crippen LogP contribution in [0.5, 0.6) is 23.0 Å². The summed E-state index contributed by atoms with van der Waals surface area (Å²) in [6.45, 7) is 0.141. The summed E-state index contributed by atoms with van der Waals surface area (Å²) in [6.07, 6.45) is 0. The molecule has 0 amide bonds. The highest BCUT2D eigenvalue weighted by atomic mass is 35.5. The molecular weight excluding hydrogens is 855 g/mol. The molecule has 10 aromatic carbocycles. The summed E-state index contributed by atoms with van der Waals surface area (Å²) in [7, 11) is 0. The molecule has 0 aromatic heterocycles. The van der Waals surface area contributed by atoms with Crippen LogP contribution in [-0.4, -0.2) is 6.71 Å². The predicted molar refractivity (Wildman–Crippen MR) is 281 cm³/mol. The van der Waals surface area contributed by atoms with Gasteiger partial charge in [0, 0.05) is 34.1 Å². The van der Waals surface area contributed by atoms with Crippen molar-refractivity contribution in [2.24, 2.45) is 0 Å². The molecule has 0 bridgehead atoms. The lowest BCUT2D eigenvalue weighted by Gasteiger charge is -2.45. The SMILES string of the molecule is Clc1c(N(c2ccccc2)c2ccccc2)cccc1N1c2ccccc2Oc2ccccc21.c1ccc(N2c3ccccc3B3c4cccc5c4N(c4ccccc4O5)c4cccc2c43)cc1. The fourth-order valence-corrected chi connectivity index (χ4v) is 10.6. The van der Waals surface area contributed by atoms with E-state index in [1.54, 1.807) is 0 Å². The average molecular weight is 895 g/mol. The molecule has 6 nitrogen and oxygen atoms in total. The highest BCUT2D eigenvalue weighted by Gasteiger charge is 2.45. The topological polar surface area (TPSA) is 31.4 Å². The van der Waals surface area contributed by atoms with Gasteiger partial charge in [-0.15, -0.1) is 0 Å². The van der Waals surface area contributed by atoms with Gasteiger partial charge in [0.2, 0.25) is 0 Å². The molecule has 0 N–H and O–H groups in total. The zero-order valence-corrected chi connectivity index (χ0v) is 37.4. The van der Waals surface area contributed by atoms with Crippen LogP contribution in [0.3, 0.4) is 0 Å². The zero-order valence-electron chi connectivity index (χ0n) is 36.7. The van der Waals surface area contributed by atoms with Crippen molar-refractivity contribution in [2.75, 3.05) is 19.6 Å². The summed E-state index contributed by atoms with van der Waals surface area (Å²) in [4.78, 5) is 9.17. The molecule has 4 aliphatic heterocycles. The lowest BCUT2D eigenvalue weighted by molar-refractivity contribution is 0.477. The van der Waals surface area contributed by atoms with E-state index in [4.69, 9.17) is 21.1 Å². The monoisotopic (exact) mass is 894 g/mol. The molecule has 322 valence electrons. The van der Waals surface area contributed by atoms with Crippen LogP contribution >= 0.6 is 11.6 Å². The van der Waals surface area contributed by atoms with Gasteiger partial charge in [-0.3, -0.25) is 0 Å². The molecule has 10 aromatic rings. The maximum Gasteiger partial charge on any atom is 0.252 e. The summed E-state index contributed by atoms with van der Waals surface area (Å²) < 4.78 is 12.6. The van der Waals surface area contributed by atoms with Gasteiger partial charge in [-0.25, -0.2) is 0 Å². The number of halogens is 1. The van der Waals surface area contributed by atoms with Crippen molar-refractivity contribution < 1.29 is 9.47 Å². The Morgan fingerprint density at radius 3 is 1.40 bits per heavy atom. The van der Waals surface area contributed by atoms with Gasteiger partial charge < -0.3 is 29.1 Å². The van der Waals surface area contributed by atoms with Gasteiger partial charge in [-0.2, -0.15) is 0 Å². The first-order valence-corrected chi connectivity index (χ1v) is 23.2. The van der Waals surface area contributed by atoms with Crippen molar-refractivity contribution in [3.05, 3.63) is 248 Å².